The van der Waals surface area contributed by atoms with Crippen molar-refractivity contribution in [3.63, 3.8) is 0 Å². The number of likely N-dealkylation sites (tertiary alicyclic amines) is 1. The van der Waals surface area contributed by atoms with E-state index < -0.39 is 0 Å². The summed E-state index contributed by atoms with van der Waals surface area (Å²) in [5, 5.41) is 7.76. The Labute approximate surface area is 144 Å². The lowest BCUT2D eigenvalue weighted by Gasteiger charge is -2.32. The molecular formula is C18H17N5O2. The van der Waals surface area contributed by atoms with Crippen LogP contribution in [0.1, 0.15) is 23.2 Å². The second kappa shape index (κ2) is 6.80. The summed E-state index contributed by atoms with van der Waals surface area (Å²) in [6.45, 7) is 1.26. The van der Waals surface area contributed by atoms with Crippen LogP contribution in [0.4, 0.5) is 0 Å². The highest BCUT2D eigenvalue weighted by Gasteiger charge is 2.26. The molecule has 1 atom stereocenters. The average molecular weight is 335 g/mol. The van der Waals surface area contributed by atoms with Crippen molar-refractivity contribution >= 4 is 16.9 Å². The Morgan fingerprint density at radius 1 is 1.12 bits per heavy atom. The molecule has 7 heteroatoms. The molecule has 1 fully saturated rings. The van der Waals surface area contributed by atoms with Gasteiger partial charge in [0.1, 0.15) is 6.10 Å². The first-order valence-corrected chi connectivity index (χ1v) is 8.24. The summed E-state index contributed by atoms with van der Waals surface area (Å²) in [6.07, 6.45) is 6.58. The summed E-state index contributed by atoms with van der Waals surface area (Å²) in [5.41, 5.74) is 2.12. The molecular weight excluding hydrogens is 318 g/mol. The maximum atomic E-state index is 12.8. The highest BCUT2D eigenvalue weighted by Crippen LogP contribution is 2.19. The number of piperidine rings is 1. The maximum Gasteiger partial charge on any atom is 0.254 e. The molecule has 2 aromatic heterocycles. The van der Waals surface area contributed by atoms with E-state index in [2.05, 4.69) is 20.2 Å². The molecule has 0 saturated carbocycles. The first-order chi connectivity index (χ1) is 12.3. The molecule has 1 amide bonds. The Hall–Kier alpha value is -3.09. The van der Waals surface area contributed by atoms with Crippen LogP contribution in [0.2, 0.25) is 0 Å². The van der Waals surface area contributed by atoms with E-state index in [4.69, 9.17) is 4.74 Å². The summed E-state index contributed by atoms with van der Waals surface area (Å²) in [6, 6.07) is 8.97. The second-order valence-corrected chi connectivity index (χ2v) is 5.95. The largest absolute Gasteiger partial charge is 0.471 e. The number of hydrogen-bond donors (Lipinski definition) is 0. The van der Waals surface area contributed by atoms with Crippen LogP contribution in [0.25, 0.3) is 11.0 Å². The molecule has 0 bridgehead atoms. The monoisotopic (exact) mass is 335 g/mol. The minimum Gasteiger partial charge on any atom is -0.471 e. The minimum absolute atomic E-state index is 0.0139. The molecule has 1 aliphatic rings. The number of aromatic nitrogens is 4. The normalized spacial score (nSPS) is 17.4. The molecule has 0 radical (unpaired) electrons. The van der Waals surface area contributed by atoms with E-state index >= 15 is 0 Å². The van der Waals surface area contributed by atoms with Crippen LogP contribution in [-0.2, 0) is 0 Å². The fourth-order valence-electron chi connectivity index (χ4n) is 3.02. The van der Waals surface area contributed by atoms with Crippen molar-refractivity contribution in [3.8, 4) is 5.88 Å². The lowest BCUT2D eigenvalue weighted by atomic mass is 10.1. The molecule has 3 aromatic rings. The van der Waals surface area contributed by atoms with E-state index in [1.54, 1.807) is 42.9 Å². The number of carbonyl (C=O) groups excluding carboxylic acids is 1. The molecule has 0 N–H and O–H groups in total. The highest BCUT2D eigenvalue weighted by molar-refractivity contribution is 5.97. The summed E-state index contributed by atoms with van der Waals surface area (Å²) in [4.78, 5) is 23.2. The first-order valence-electron chi connectivity index (χ1n) is 8.24. The van der Waals surface area contributed by atoms with Crippen LogP contribution in [0, 0.1) is 0 Å². The van der Waals surface area contributed by atoms with Crippen molar-refractivity contribution in [1.29, 1.82) is 0 Å². The molecule has 7 nitrogen and oxygen atoms in total. The zero-order valence-electron chi connectivity index (χ0n) is 13.6. The number of ether oxygens (including phenoxy) is 1. The predicted molar refractivity (Wildman–Crippen MR) is 91.1 cm³/mol. The summed E-state index contributed by atoms with van der Waals surface area (Å²) in [7, 11) is 0. The number of amides is 1. The topological polar surface area (TPSA) is 81.1 Å². The van der Waals surface area contributed by atoms with E-state index in [0.29, 0.717) is 18.0 Å². The van der Waals surface area contributed by atoms with Crippen molar-refractivity contribution < 1.29 is 9.53 Å². The van der Waals surface area contributed by atoms with Crippen LogP contribution in [0.15, 0.2) is 48.9 Å². The van der Waals surface area contributed by atoms with E-state index in [-0.39, 0.29) is 12.0 Å². The smallest absolute Gasteiger partial charge is 0.254 e. The zero-order valence-corrected chi connectivity index (χ0v) is 13.6. The van der Waals surface area contributed by atoms with E-state index in [1.807, 2.05) is 11.0 Å². The molecule has 0 spiro atoms. The summed E-state index contributed by atoms with van der Waals surface area (Å²) >= 11 is 0. The fraction of sp³-hybridized carbons (Fsp3) is 0.278. The number of hydrogen-bond acceptors (Lipinski definition) is 6. The molecule has 4 rings (SSSR count). The summed E-state index contributed by atoms with van der Waals surface area (Å²) < 4.78 is 5.85. The van der Waals surface area contributed by atoms with Crippen molar-refractivity contribution in [1.82, 2.24) is 25.1 Å². The van der Waals surface area contributed by atoms with Crippen molar-refractivity contribution in [2.45, 2.75) is 18.9 Å². The van der Waals surface area contributed by atoms with Crippen LogP contribution < -0.4 is 4.74 Å². The quantitative estimate of drug-likeness (QED) is 0.729. The molecule has 0 aliphatic carbocycles. The van der Waals surface area contributed by atoms with Crippen LogP contribution in [0.3, 0.4) is 0 Å². The number of carbonyl (C=O) groups is 1. The fourth-order valence-corrected chi connectivity index (χ4v) is 3.02. The van der Waals surface area contributed by atoms with Gasteiger partial charge in [-0.2, -0.15) is 5.10 Å². The van der Waals surface area contributed by atoms with Gasteiger partial charge < -0.3 is 9.64 Å². The predicted octanol–water partition coefficient (Wildman–Crippen LogP) is 2.10. The van der Waals surface area contributed by atoms with E-state index in [9.17, 15) is 4.79 Å². The molecule has 1 aliphatic heterocycles. The molecule has 25 heavy (non-hydrogen) atoms. The Bertz CT molecular complexity index is 887. The van der Waals surface area contributed by atoms with Gasteiger partial charge in [0.05, 0.1) is 17.6 Å². The summed E-state index contributed by atoms with van der Waals surface area (Å²) in [5.74, 6) is 0.475. The average Bonchev–Trinajstić information content (AvgIpc) is 2.68. The molecule has 0 unspecified atom stereocenters. The van der Waals surface area contributed by atoms with Crippen molar-refractivity contribution in [3.05, 3.63) is 54.5 Å². The molecule has 3 heterocycles. The van der Waals surface area contributed by atoms with E-state index in [0.717, 1.165) is 30.4 Å². The van der Waals surface area contributed by atoms with Gasteiger partial charge in [0, 0.05) is 36.8 Å². The molecule has 1 aromatic carbocycles. The van der Waals surface area contributed by atoms with E-state index in [1.165, 1.54) is 0 Å². The lowest BCUT2D eigenvalue weighted by Crippen LogP contribution is -2.44. The van der Waals surface area contributed by atoms with Gasteiger partial charge in [-0.3, -0.25) is 14.8 Å². The number of nitrogens with zero attached hydrogens (tertiary/aromatic N) is 5. The third-order valence-electron chi connectivity index (χ3n) is 4.22. The van der Waals surface area contributed by atoms with Crippen LogP contribution in [-0.4, -0.2) is 50.2 Å². The Morgan fingerprint density at radius 3 is 2.84 bits per heavy atom. The standard InChI is InChI=1S/C18H17N5O2/c24-18(13-5-6-15-16(11-13)20-9-8-19-15)23-10-2-3-14(12-23)25-17-4-1-7-21-22-17/h1,4-9,11,14H,2-3,10,12H2/t14-/m0/s1. The number of benzene rings is 1. The third-order valence-corrected chi connectivity index (χ3v) is 4.22. The van der Waals surface area contributed by atoms with Crippen LogP contribution in [0.5, 0.6) is 5.88 Å². The zero-order chi connectivity index (χ0) is 17.1. The molecule has 1 saturated heterocycles. The minimum atomic E-state index is -0.0744. The third kappa shape index (κ3) is 3.40. The SMILES string of the molecule is O=C(c1ccc2nccnc2c1)N1CCC[C@H](Oc2cccnn2)C1. The lowest BCUT2D eigenvalue weighted by molar-refractivity contribution is 0.0525. The van der Waals surface area contributed by atoms with Crippen molar-refractivity contribution in [2.75, 3.05) is 13.1 Å². The Kier molecular flexibility index (Phi) is 4.20. The van der Waals surface area contributed by atoms with Gasteiger partial charge in [-0.25, -0.2) is 0 Å². The Morgan fingerprint density at radius 2 is 2.00 bits per heavy atom. The van der Waals surface area contributed by atoms with Gasteiger partial charge in [0.2, 0.25) is 5.88 Å². The van der Waals surface area contributed by atoms with Gasteiger partial charge in [0.25, 0.3) is 5.91 Å². The molecule has 126 valence electrons. The maximum absolute atomic E-state index is 12.8. The van der Waals surface area contributed by atoms with Gasteiger partial charge in [0.15, 0.2) is 0 Å². The number of fused-ring (bicyclic) bond motifs is 1. The second-order valence-electron chi connectivity index (χ2n) is 5.95. The van der Waals surface area contributed by atoms with Gasteiger partial charge in [-0.1, -0.05) is 0 Å². The Balaban J connectivity index is 1.49. The van der Waals surface area contributed by atoms with Crippen molar-refractivity contribution in [2.24, 2.45) is 0 Å². The van der Waals surface area contributed by atoms with Crippen LogP contribution >= 0.6 is 0 Å². The van der Waals surface area contributed by atoms with Gasteiger partial charge in [-0.15, -0.1) is 5.10 Å². The van der Waals surface area contributed by atoms with Gasteiger partial charge >= 0.3 is 0 Å². The first kappa shape index (κ1) is 15.4. The van der Waals surface area contributed by atoms with Gasteiger partial charge in [-0.05, 0) is 37.1 Å². The highest BCUT2D eigenvalue weighted by atomic mass is 16.5. The number of rotatable bonds is 3.